The van der Waals surface area contributed by atoms with Crippen molar-refractivity contribution in [1.82, 2.24) is 35.5 Å². The Labute approximate surface area is 188 Å². The number of benzene rings is 1. The molecular weight excluding hydrogens is 430 g/mol. The number of nitrogens with zero attached hydrogens (tertiary/aromatic N) is 5. The second-order valence-electron chi connectivity index (χ2n) is 8.46. The zero-order chi connectivity index (χ0) is 22.4. The van der Waals surface area contributed by atoms with Crippen molar-refractivity contribution in [2.24, 2.45) is 0 Å². The third-order valence-electron chi connectivity index (χ3n) is 6.46. The van der Waals surface area contributed by atoms with Gasteiger partial charge in [-0.1, -0.05) is 12.1 Å². The molecule has 5 heterocycles. The molecule has 0 saturated carbocycles. The van der Waals surface area contributed by atoms with Gasteiger partial charge in [-0.15, -0.1) is 0 Å². The monoisotopic (exact) mass is 454 g/mol. The van der Waals surface area contributed by atoms with Crippen LogP contribution in [-0.4, -0.2) is 69.5 Å². The molecule has 0 bridgehead atoms. The van der Waals surface area contributed by atoms with Crippen molar-refractivity contribution in [3.63, 3.8) is 0 Å². The van der Waals surface area contributed by atoms with Crippen LogP contribution in [0.1, 0.15) is 36.7 Å². The van der Waals surface area contributed by atoms with E-state index in [1.165, 1.54) is 0 Å². The molecule has 2 fully saturated rings. The summed E-state index contributed by atoms with van der Waals surface area (Å²) < 4.78 is 32.3. The maximum absolute atomic E-state index is 13.4. The van der Waals surface area contributed by atoms with E-state index >= 15 is 0 Å². The van der Waals surface area contributed by atoms with E-state index in [1.807, 2.05) is 12.1 Å². The first-order valence-corrected chi connectivity index (χ1v) is 11.3. The smallest absolute Gasteiger partial charge is 0.295 e. The highest BCUT2D eigenvalue weighted by atomic mass is 19.3. The number of imidazole rings is 1. The summed E-state index contributed by atoms with van der Waals surface area (Å²) in [5.41, 5.74) is 3.96. The van der Waals surface area contributed by atoms with Crippen LogP contribution in [0.25, 0.3) is 33.3 Å². The maximum atomic E-state index is 13.4. The number of hydrogen-bond acceptors (Lipinski definition) is 7. The van der Waals surface area contributed by atoms with Gasteiger partial charge in [0.1, 0.15) is 0 Å². The summed E-state index contributed by atoms with van der Waals surface area (Å²) in [6.07, 6.45) is -0.729. The molecule has 0 spiro atoms. The number of ether oxygens (including phenoxy) is 1. The number of morpholine rings is 1. The van der Waals surface area contributed by atoms with E-state index in [1.54, 1.807) is 6.07 Å². The van der Waals surface area contributed by atoms with Gasteiger partial charge in [-0.05, 0) is 32.0 Å². The number of para-hydroxylation sites is 1. The number of aromatic nitrogens is 6. The molecule has 0 atom stereocenters. The molecule has 11 heteroatoms. The molecule has 0 unspecified atom stereocenters. The predicted octanol–water partition coefficient (Wildman–Crippen LogP) is 3.14. The normalized spacial score (nSPS) is 18.1. The first-order chi connectivity index (χ1) is 16.2. The second-order valence-corrected chi connectivity index (χ2v) is 8.46. The Morgan fingerprint density at radius 3 is 2.67 bits per heavy atom. The summed E-state index contributed by atoms with van der Waals surface area (Å²) in [5.74, 6) is 0.510. The predicted molar refractivity (Wildman–Crippen MR) is 120 cm³/mol. The Bertz CT molecular complexity index is 1290. The molecule has 1 aromatic carbocycles. The van der Waals surface area contributed by atoms with Crippen molar-refractivity contribution >= 4 is 28.0 Å². The Kier molecular flexibility index (Phi) is 5.14. The average molecular weight is 454 g/mol. The largest absolute Gasteiger partial charge is 0.378 e. The van der Waals surface area contributed by atoms with E-state index in [0.29, 0.717) is 66.1 Å². The Hall–Kier alpha value is -3.18. The van der Waals surface area contributed by atoms with Crippen LogP contribution in [0, 0.1) is 0 Å². The van der Waals surface area contributed by atoms with Gasteiger partial charge < -0.3 is 19.9 Å². The van der Waals surface area contributed by atoms with Crippen LogP contribution < -0.4 is 10.2 Å². The van der Waals surface area contributed by atoms with Gasteiger partial charge in [0.25, 0.3) is 6.43 Å². The minimum absolute atomic E-state index is 0.294. The zero-order valence-corrected chi connectivity index (χ0v) is 17.9. The van der Waals surface area contributed by atoms with E-state index in [2.05, 4.69) is 30.4 Å². The highest BCUT2D eigenvalue weighted by Crippen LogP contribution is 2.38. The van der Waals surface area contributed by atoms with Gasteiger partial charge in [0, 0.05) is 24.6 Å². The molecule has 33 heavy (non-hydrogen) atoms. The number of hydrogen-bond donors (Lipinski definition) is 3. The Balaban J connectivity index is 1.58. The quantitative estimate of drug-likeness (QED) is 0.435. The fourth-order valence-electron chi connectivity index (χ4n) is 4.79. The molecule has 0 radical (unpaired) electrons. The summed E-state index contributed by atoms with van der Waals surface area (Å²) in [5, 5.41) is 12.0. The summed E-state index contributed by atoms with van der Waals surface area (Å²) in [6, 6.07) is 5.46. The molecule has 0 amide bonds. The summed E-state index contributed by atoms with van der Waals surface area (Å²) >= 11 is 0. The van der Waals surface area contributed by atoms with Crippen LogP contribution in [0.2, 0.25) is 0 Å². The highest BCUT2D eigenvalue weighted by molar-refractivity contribution is 6.01. The van der Waals surface area contributed by atoms with Crippen molar-refractivity contribution in [3.8, 4) is 11.3 Å². The van der Waals surface area contributed by atoms with Crippen molar-refractivity contribution in [1.29, 1.82) is 0 Å². The standard InChI is InChI=1S/C22H24F2N8O/c23-19(24)21-26-14-3-1-2-13(17(14)27-21)18-15-16(12-4-6-25-7-5-12)30-31-20(15)29-22(28-18)32-8-10-33-11-9-32/h1-3,12,19,25H,4-11H2,(H,26,27)(H,28,29,30,31). The third-order valence-corrected chi connectivity index (χ3v) is 6.46. The highest BCUT2D eigenvalue weighted by Gasteiger charge is 2.27. The average Bonchev–Trinajstić information content (AvgIpc) is 3.49. The Morgan fingerprint density at radius 2 is 1.88 bits per heavy atom. The molecule has 6 rings (SSSR count). The van der Waals surface area contributed by atoms with Crippen molar-refractivity contribution in [3.05, 3.63) is 29.7 Å². The summed E-state index contributed by atoms with van der Waals surface area (Å²) in [4.78, 5) is 18.8. The van der Waals surface area contributed by atoms with Gasteiger partial charge in [-0.25, -0.2) is 18.7 Å². The van der Waals surface area contributed by atoms with Gasteiger partial charge in [0.15, 0.2) is 11.5 Å². The number of aromatic amines is 2. The lowest BCUT2D eigenvalue weighted by atomic mass is 9.91. The first kappa shape index (κ1) is 20.4. The topological polar surface area (TPSA) is 108 Å². The van der Waals surface area contributed by atoms with Gasteiger partial charge in [-0.3, -0.25) is 5.10 Å². The zero-order valence-electron chi connectivity index (χ0n) is 17.9. The number of alkyl halides is 2. The number of anilines is 1. The minimum atomic E-state index is -2.68. The van der Waals surface area contributed by atoms with Crippen LogP contribution in [0.4, 0.5) is 14.7 Å². The molecular formula is C22H24F2N8O. The third kappa shape index (κ3) is 3.61. The van der Waals surface area contributed by atoms with E-state index in [9.17, 15) is 8.78 Å². The minimum Gasteiger partial charge on any atom is -0.378 e. The van der Waals surface area contributed by atoms with Crippen LogP contribution in [0.15, 0.2) is 18.2 Å². The molecule has 0 aliphatic carbocycles. The second kappa shape index (κ2) is 8.31. The fraction of sp³-hybridized carbons (Fsp3) is 0.455. The molecule has 9 nitrogen and oxygen atoms in total. The number of halogens is 2. The van der Waals surface area contributed by atoms with Gasteiger partial charge in [0.2, 0.25) is 5.95 Å². The Morgan fingerprint density at radius 1 is 1.06 bits per heavy atom. The van der Waals surface area contributed by atoms with E-state index in [0.717, 1.165) is 37.0 Å². The van der Waals surface area contributed by atoms with E-state index in [4.69, 9.17) is 14.7 Å². The number of fused-ring (bicyclic) bond motifs is 2. The number of nitrogens with one attached hydrogen (secondary N) is 3. The molecule has 4 aromatic rings. The van der Waals surface area contributed by atoms with Gasteiger partial charge in [0.05, 0.1) is 41.0 Å². The lowest BCUT2D eigenvalue weighted by Crippen LogP contribution is -2.37. The maximum Gasteiger partial charge on any atom is 0.295 e. The molecule has 2 aliphatic heterocycles. The van der Waals surface area contributed by atoms with Crippen LogP contribution in [-0.2, 0) is 4.74 Å². The first-order valence-electron chi connectivity index (χ1n) is 11.3. The molecule has 3 N–H and O–H groups in total. The van der Waals surface area contributed by atoms with Crippen LogP contribution in [0.5, 0.6) is 0 Å². The van der Waals surface area contributed by atoms with E-state index in [-0.39, 0.29) is 5.82 Å². The SMILES string of the molecule is FC(F)c1nc2c(-c3nc(N4CCOCC4)nc4n[nH]c(C5CCNCC5)c34)cccc2[nH]1. The lowest BCUT2D eigenvalue weighted by Gasteiger charge is -2.27. The number of piperidine rings is 1. The molecule has 3 aromatic heterocycles. The summed E-state index contributed by atoms with van der Waals surface area (Å²) in [7, 11) is 0. The van der Waals surface area contributed by atoms with Gasteiger partial charge in [-0.2, -0.15) is 10.1 Å². The summed E-state index contributed by atoms with van der Waals surface area (Å²) in [6.45, 7) is 4.42. The van der Waals surface area contributed by atoms with Gasteiger partial charge >= 0.3 is 0 Å². The fourth-order valence-corrected chi connectivity index (χ4v) is 4.79. The van der Waals surface area contributed by atoms with Crippen molar-refractivity contribution < 1.29 is 13.5 Å². The van der Waals surface area contributed by atoms with Crippen molar-refractivity contribution in [2.45, 2.75) is 25.2 Å². The molecule has 172 valence electrons. The van der Waals surface area contributed by atoms with Crippen LogP contribution >= 0.6 is 0 Å². The van der Waals surface area contributed by atoms with Crippen molar-refractivity contribution in [2.75, 3.05) is 44.3 Å². The molecule has 2 saturated heterocycles. The number of H-pyrrole nitrogens is 2. The molecule has 2 aliphatic rings. The number of rotatable bonds is 4. The van der Waals surface area contributed by atoms with Crippen LogP contribution in [0.3, 0.4) is 0 Å². The van der Waals surface area contributed by atoms with E-state index < -0.39 is 6.43 Å². The lowest BCUT2D eigenvalue weighted by molar-refractivity contribution is 0.122.